The smallest absolute Gasteiger partial charge is 0.338 e. The van der Waals surface area contributed by atoms with Crippen LogP contribution in [0.1, 0.15) is 53.4 Å². The molecule has 7 heteroatoms. The Morgan fingerprint density at radius 3 is 2.42 bits per heavy atom. The lowest BCUT2D eigenvalue weighted by Gasteiger charge is -2.29. The number of hydrogen-bond acceptors (Lipinski definition) is 6. The van der Waals surface area contributed by atoms with E-state index in [-0.39, 0.29) is 24.3 Å². The van der Waals surface area contributed by atoms with Crippen LogP contribution in [0.4, 0.5) is 0 Å². The number of benzene rings is 1. The molecule has 0 unspecified atom stereocenters. The molecule has 0 N–H and O–H groups in total. The predicted molar refractivity (Wildman–Crippen MR) is 119 cm³/mol. The van der Waals surface area contributed by atoms with Gasteiger partial charge in [0, 0.05) is 18.0 Å². The molecule has 2 aliphatic heterocycles. The van der Waals surface area contributed by atoms with Gasteiger partial charge in [-0.15, -0.1) is 11.3 Å². The molecule has 4 rings (SSSR count). The minimum atomic E-state index is -0.365. The van der Waals surface area contributed by atoms with Crippen LogP contribution in [-0.2, 0) is 20.9 Å². The SMILES string of the molecule is CCCOC(=O)c1ccc(CN2C(=O)C(c3cccs3)=C(N3CCCCC3)C2=O)cc1. The van der Waals surface area contributed by atoms with Gasteiger partial charge >= 0.3 is 5.97 Å². The number of hydrogen-bond donors (Lipinski definition) is 0. The van der Waals surface area contributed by atoms with Crippen LogP contribution in [0.2, 0.25) is 0 Å². The van der Waals surface area contributed by atoms with Crippen molar-refractivity contribution in [3.05, 3.63) is 63.5 Å². The van der Waals surface area contributed by atoms with Crippen LogP contribution in [0.3, 0.4) is 0 Å². The fourth-order valence-electron chi connectivity index (χ4n) is 3.97. The number of esters is 1. The van der Waals surface area contributed by atoms with Crippen LogP contribution in [0, 0.1) is 0 Å². The summed E-state index contributed by atoms with van der Waals surface area (Å²) in [5.41, 5.74) is 2.30. The van der Waals surface area contributed by atoms with Crippen molar-refractivity contribution in [3.63, 3.8) is 0 Å². The first-order chi connectivity index (χ1) is 15.1. The molecule has 2 amide bonds. The van der Waals surface area contributed by atoms with Gasteiger partial charge in [-0.05, 0) is 54.8 Å². The van der Waals surface area contributed by atoms with E-state index in [1.165, 1.54) is 16.2 Å². The zero-order valence-electron chi connectivity index (χ0n) is 17.6. The van der Waals surface area contributed by atoms with Gasteiger partial charge in [-0.25, -0.2) is 4.79 Å². The number of thiophene rings is 1. The summed E-state index contributed by atoms with van der Waals surface area (Å²) in [6.07, 6.45) is 3.97. The van der Waals surface area contributed by atoms with E-state index in [9.17, 15) is 14.4 Å². The second-order valence-corrected chi connectivity index (χ2v) is 8.73. The molecule has 0 atom stereocenters. The average molecular weight is 439 g/mol. The van der Waals surface area contributed by atoms with Crippen molar-refractivity contribution in [2.45, 2.75) is 39.2 Å². The third-order valence-electron chi connectivity index (χ3n) is 5.55. The highest BCUT2D eigenvalue weighted by molar-refractivity contribution is 7.11. The molecular formula is C24H26N2O4S. The van der Waals surface area contributed by atoms with Crippen LogP contribution < -0.4 is 0 Å². The zero-order valence-corrected chi connectivity index (χ0v) is 18.5. The Morgan fingerprint density at radius 2 is 1.77 bits per heavy atom. The maximum atomic E-state index is 13.4. The molecule has 0 spiro atoms. The lowest BCUT2D eigenvalue weighted by atomic mass is 10.1. The Hall–Kier alpha value is -2.93. The van der Waals surface area contributed by atoms with Crippen molar-refractivity contribution in [2.75, 3.05) is 19.7 Å². The number of rotatable bonds is 7. The van der Waals surface area contributed by atoms with E-state index in [2.05, 4.69) is 4.90 Å². The van der Waals surface area contributed by atoms with Gasteiger partial charge in [-0.1, -0.05) is 25.1 Å². The molecule has 1 saturated heterocycles. The lowest BCUT2D eigenvalue weighted by Crippen LogP contribution is -2.36. The van der Waals surface area contributed by atoms with Crippen molar-refractivity contribution in [2.24, 2.45) is 0 Å². The molecular weight excluding hydrogens is 412 g/mol. The summed E-state index contributed by atoms with van der Waals surface area (Å²) >= 11 is 1.48. The van der Waals surface area contributed by atoms with Gasteiger partial charge in [0.1, 0.15) is 5.70 Å². The van der Waals surface area contributed by atoms with Gasteiger partial charge in [-0.2, -0.15) is 0 Å². The fourth-order valence-corrected chi connectivity index (χ4v) is 4.73. The summed E-state index contributed by atoms with van der Waals surface area (Å²) in [7, 11) is 0. The molecule has 0 radical (unpaired) electrons. The second-order valence-electron chi connectivity index (χ2n) is 7.78. The van der Waals surface area contributed by atoms with Gasteiger partial charge in [0.05, 0.1) is 24.3 Å². The molecule has 6 nitrogen and oxygen atoms in total. The standard InChI is InChI=1S/C24H26N2O4S/c1-2-14-30-24(29)18-10-8-17(9-11-18)16-26-22(27)20(19-7-6-15-31-19)21(23(26)28)25-12-4-3-5-13-25/h6-11,15H,2-5,12-14,16H2,1H3. The summed E-state index contributed by atoms with van der Waals surface area (Å²) in [5, 5.41) is 1.92. The van der Waals surface area contributed by atoms with Crippen LogP contribution >= 0.6 is 11.3 Å². The van der Waals surface area contributed by atoms with Crippen LogP contribution in [-0.4, -0.2) is 47.3 Å². The van der Waals surface area contributed by atoms with Gasteiger partial charge in [0.15, 0.2) is 0 Å². The molecule has 1 aromatic carbocycles. The van der Waals surface area contributed by atoms with E-state index in [1.807, 2.05) is 24.4 Å². The van der Waals surface area contributed by atoms with Crippen molar-refractivity contribution in [3.8, 4) is 0 Å². The van der Waals surface area contributed by atoms with Crippen molar-refractivity contribution in [1.82, 2.24) is 9.80 Å². The normalized spacial score (nSPS) is 16.9. The topological polar surface area (TPSA) is 66.9 Å². The van der Waals surface area contributed by atoms with Crippen LogP contribution in [0.15, 0.2) is 47.5 Å². The van der Waals surface area contributed by atoms with Crippen molar-refractivity contribution >= 4 is 34.7 Å². The summed E-state index contributed by atoms with van der Waals surface area (Å²) in [6, 6.07) is 10.7. The summed E-state index contributed by atoms with van der Waals surface area (Å²) in [4.78, 5) is 42.9. The third kappa shape index (κ3) is 4.42. The molecule has 0 aliphatic carbocycles. The quantitative estimate of drug-likeness (QED) is 0.481. The monoisotopic (exact) mass is 438 g/mol. The summed E-state index contributed by atoms with van der Waals surface area (Å²) in [5.74, 6) is -0.850. The second kappa shape index (κ2) is 9.47. The Balaban J connectivity index is 1.56. The maximum Gasteiger partial charge on any atom is 0.338 e. The number of ether oxygens (including phenoxy) is 1. The van der Waals surface area contributed by atoms with E-state index in [4.69, 9.17) is 4.74 Å². The number of imide groups is 1. The number of likely N-dealkylation sites (tertiary alicyclic amines) is 1. The fraction of sp³-hybridized carbons (Fsp3) is 0.375. The van der Waals surface area contributed by atoms with Crippen LogP contribution in [0.25, 0.3) is 5.57 Å². The van der Waals surface area contributed by atoms with Crippen molar-refractivity contribution in [1.29, 1.82) is 0 Å². The summed E-state index contributed by atoms with van der Waals surface area (Å²) < 4.78 is 5.15. The molecule has 2 aliphatic rings. The highest BCUT2D eigenvalue weighted by atomic mass is 32.1. The number of amides is 2. The Kier molecular flexibility index (Phi) is 6.51. The first-order valence-corrected chi connectivity index (χ1v) is 11.6. The molecule has 3 heterocycles. The highest BCUT2D eigenvalue weighted by Gasteiger charge is 2.42. The van der Waals surface area contributed by atoms with E-state index in [0.717, 1.165) is 49.2 Å². The highest BCUT2D eigenvalue weighted by Crippen LogP contribution is 2.35. The average Bonchev–Trinajstić information content (AvgIpc) is 3.41. The Labute approximate surface area is 186 Å². The maximum absolute atomic E-state index is 13.4. The molecule has 162 valence electrons. The number of nitrogens with zero attached hydrogens (tertiary/aromatic N) is 2. The minimum Gasteiger partial charge on any atom is -0.462 e. The number of piperidine rings is 1. The molecule has 1 aromatic heterocycles. The molecule has 31 heavy (non-hydrogen) atoms. The zero-order chi connectivity index (χ0) is 21.8. The largest absolute Gasteiger partial charge is 0.462 e. The van der Waals surface area contributed by atoms with Gasteiger partial charge in [0.25, 0.3) is 11.8 Å². The van der Waals surface area contributed by atoms with Crippen molar-refractivity contribution < 1.29 is 19.1 Å². The van der Waals surface area contributed by atoms with E-state index in [0.29, 0.717) is 23.4 Å². The minimum absolute atomic E-state index is 0.175. The molecule has 2 aromatic rings. The van der Waals surface area contributed by atoms with E-state index >= 15 is 0 Å². The van der Waals surface area contributed by atoms with Gasteiger partial charge in [0.2, 0.25) is 0 Å². The first-order valence-electron chi connectivity index (χ1n) is 10.8. The van der Waals surface area contributed by atoms with Gasteiger partial charge < -0.3 is 9.64 Å². The number of carbonyl (C=O) groups excluding carboxylic acids is 3. The predicted octanol–water partition coefficient (Wildman–Crippen LogP) is 4.08. The Bertz CT molecular complexity index is 989. The van der Waals surface area contributed by atoms with E-state index < -0.39 is 0 Å². The van der Waals surface area contributed by atoms with E-state index in [1.54, 1.807) is 24.3 Å². The molecule has 1 fully saturated rings. The number of carbonyl (C=O) groups is 3. The lowest BCUT2D eigenvalue weighted by molar-refractivity contribution is -0.138. The Morgan fingerprint density at radius 1 is 1.03 bits per heavy atom. The van der Waals surface area contributed by atoms with Gasteiger partial charge in [-0.3, -0.25) is 14.5 Å². The molecule has 0 saturated carbocycles. The molecule has 0 bridgehead atoms. The first kappa shape index (κ1) is 21.3. The summed E-state index contributed by atoms with van der Waals surface area (Å²) in [6.45, 7) is 4.09. The third-order valence-corrected chi connectivity index (χ3v) is 6.44. The van der Waals surface area contributed by atoms with Crippen LogP contribution in [0.5, 0.6) is 0 Å².